The first kappa shape index (κ1) is 18.2. The van der Waals surface area contributed by atoms with Crippen LogP contribution in [0, 0.1) is 0 Å². The average Bonchev–Trinajstić information content (AvgIpc) is 2.72. The summed E-state index contributed by atoms with van der Waals surface area (Å²) in [7, 11) is 0. The van der Waals surface area contributed by atoms with Crippen molar-refractivity contribution in [2.45, 2.75) is 38.7 Å². The van der Waals surface area contributed by atoms with Crippen LogP contribution in [-0.4, -0.2) is 16.7 Å². The first-order valence-corrected chi connectivity index (χ1v) is 9.51. The zero-order chi connectivity index (χ0) is 19.5. The van der Waals surface area contributed by atoms with Crippen molar-refractivity contribution in [2.24, 2.45) is 0 Å². The molecule has 28 heavy (non-hydrogen) atoms. The van der Waals surface area contributed by atoms with Crippen LogP contribution in [-0.2, 0) is 20.9 Å². The quantitative estimate of drug-likeness (QED) is 0.825. The molecule has 0 radical (unpaired) electrons. The number of hydrogen-bond donors (Lipinski definition) is 1. The van der Waals surface area contributed by atoms with E-state index in [9.17, 15) is 9.59 Å². The number of hydrogen-bond acceptors (Lipinski definition) is 5. The summed E-state index contributed by atoms with van der Waals surface area (Å²) < 4.78 is 5.57. The van der Waals surface area contributed by atoms with Crippen LogP contribution in [0.2, 0.25) is 0 Å². The van der Waals surface area contributed by atoms with Gasteiger partial charge in [-0.2, -0.15) is 0 Å². The van der Waals surface area contributed by atoms with E-state index in [0.717, 1.165) is 29.8 Å². The van der Waals surface area contributed by atoms with Gasteiger partial charge in [-0.1, -0.05) is 36.4 Å². The molecule has 0 saturated carbocycles. The number of carbonyl (C=O) groups is 2. The monoisotopic (exact) mass is 374 g/mol. The highest BCUT2D eigenvalue weighted by Crippen LogP contribution is 2.42. The highest BCUT2D eigenvalue weighted by atomic mass is 16.5. The third-order valence-electron chi connectivity index (χ3n) is 5.21. The Morgan fingerprint density at radius 2 is 1.93 bits per heavy atom. The van der Waals surface area contributed by atoms with Crippen molar-refractivity contribution in [1.29, 1.82) is 0 Å². The molecule has 1 aliphatic carbocycles. The van der Waals surface area contributed by atoms with Gasteiger partial charge in [0.25, 0.3) is 0 Å². The van der Waals surface area contributed by atoms with Crippen molar-refractivity contribution >= 4 is 11.8 Å². The Hall–Kier alpha value is -3.21. The topological polar surface area (TPSA) is 68.3 Å². The molecule has 0 amide bonds. The number of pyridine rings is 1. The van der Waals surface area contributed by atoms with Gasteiger partial charge in [0.2, 0.25) is 0 Å². The molecule has 2 aliphatic rings. The van der Waals surface area contributed by atoms with Crippen LogP contribution in [0.3, 0.4) is 0 Å². The van der Waals surface area contributed by atoms with Crippen molar-refractivity contribution in [3.05, 3.63) is 88.5 Å². The van der Waals surface area contributed by atoms with Crippen molar-refractivity contribution < 1.29 is 14.3 Å². The lowest BCUT2D eigenvalue weighted by Gasteiger charge is -2.34. The van der Waals surface area contributed by atoms with Gasteiger partial charge < -0.3 is 10.1 Å². The molecule has 5 heteroatoms. The van der Waals surface area contributed by atoms with Crippen LogP contribution in [0.4, 0.5) is 0 Å². The van der Waals surface area contributed by atoms with Crippen LogP contribution in [0.1, 0.15) is 43.4 Å². The van der Waals surface area contributed by atoms with Crippen LogP contribution < -0.4 is 5.32 Å². The predicted octanol–water partition coefficient (Wildman–Crippen LogP) is 3.79. The summed E-state index contributed by atoms with van der Waals surface area (Å²) in [5.74, 6) is -0.721. The molecule has 1 aromatic carbocycles. The molecule has 1 aliphatic heterocycles. The molecular weight excluding hydrogens is 352 g/mol. The molecular formula is C23H22N2O3. The number of aromatic nitrogens is 1. The Balaban J connectivity index is 1.69. The summed E-state index contributed by atoms with van der Waals surface area (Å²) in [6, 6.07) is 15.2. The summed E-state index contributed by atoms with van der Waals surface area (Å²) in [5, 5.41) is 3.30. The number of nitrogens with zero attached hydrogens (tertiary/aromatic N) is 1. The lowest BCUT2D eigenvalue weighted by atomic mass is 9.75. The zero-order valence-corrected chi connectivity index (χ0v) is 15.8. The molecule has 1 N–H and O–H groups in total. The third kappa shape index (κ3) is 3.48. The fourth-order valence-corrected chi connectivity index (χ4v) is 3.93. The minimum Gasteiger partial charge on any atom is -0.456 e. The summed E-state index contributed by atoms with van der Waals surface area (Å²) in [6.07, 6.45) is 3.83. The Morgan fingerprint density at radius 1 is 1.14 bits per heavy atom. The second-order valence-corrected chi connectivity index (χ2v) is 7.07. The summed E-state index contributed by atoms with van der Waals surface area (Å²) in [6.45, 7) is 1.97. The van der Waals surface area contributed by atoms with E-state index >= 15 is 0 Å². The highest BCUT2D eigenvalue weighted by Gasteiger charge is 2.38. The molecule has 2 heterocycles. The number of ketones is 1. The van der Waals surface area contributed by atoms with Crippen molar-refractivity contribution in [1.82, 2.24) is 10.3 Å². The largest absolute Gasteiger partial charge is 0.456 e. The van der Waals surface area contributed by atoms with Gasteiger partial charge in [-0.05, 0) is 37.5 Å². The number of rotatable bonds is 4. The van der Waals surface area contributed by atoms with Crippen molar-refractivity contribution in [3.63, 3.8) is 0 Å². The molecule has 1 atom stereocenters. The molecule has 142 valence electrons. The zero-order valence-electron chi connectivity index (χ0n) is 15.8. The number of dihydropyridines is 1. The van der Waals surface area contributed by atoms with Gasteiger partial charge in [-0.3, -0.25) is 9.78 Å². The molecule has 0 fully saturated rings. The van der Waals surface area contributed by atoms with Crippen LogP contribution in [0.15, 0.2) is 77.3 Å². The number of allylic oxidation sites excluding steroid dienone is 3. The molecule has 1 aromatic heterocycles. The number of benzene rings is 1. The predicted molar refractivity (Wildman–Crippen MR) is 105 cm³/mol. The van der Waals surface area contributed by atoms with Gasteiger partial charge in [0.05, 0.1) is 11.3 Å². The van der Waals surface area contributed by atoms with E-state index in [1.165, 1.54) is 0 Å². The Bertz CT molecular complexity index is 962. The highest BCUT2D eigenvalue weighted by molar-refractivity contribution is 6.03. The van der Waals surface area contributed by atoms with E-state index in [4.69, 9.17) is 4.74 Å². The van der Waals surface area contributed by atoms with Gasteiger partial charge >= 0.3 is 5.97 Å². The molecule has 1 unspecified atom stereocenters. The maximum Gasteiger partial charge on any atom is 0.337 e. The minimum atomic E-state index is -0.422. The third-order valence-corrected chi connectivity index (χ3v) is 5.21. The molecule has 5 nitrogen and oxygen atoms in total. The summed E-state index contributed by atoms with van der Waals surface area (Å²) in [4.78, 5) is 30.0. The maximum absolute atomic E-state index is 13.1. The smallest absolute Gasteiger partial charge is 0.337 e. The molecule has 4 rings (SSSR count). The Labute approximate surface area is 164 Å². The van der Waals surface area contributed by atoms with Crippen LogP contribution >= 0.6 is 0 Å². The maximum atomic E-state index is 13.1. The molecule has 0 saturated heterocycles. The SMILES string of the molecule is CC1=C(C(=O)OCc2ccccn2)C(c2ccccc2)C2=C(CCCC2=O)N1. The molecule has 0 bridgehead atoms. The lowest BCUT2D eigenvalue weighted by molar-refractivity contribution is -0.140. The summed E-state index contributed by atoms with van der Waals surface area (Å²) in [5.41, 5.74) is 4.49. The fourth-order valence-electron chi connectivity index (χ4n) is 3.93. The minimum absolute atomic E-state index is 0.0951. The number of ether oxygens (including phenoxy) is 1. The van der Waals surface area contributed by atoms with E-state index in [2.05, 4.69) is 10.3 Å². The average molecular weight is 374 g/mol. The van der Waals surface area contributed by atoms with E-state index in [-0.39, 0.29) is 12.4 Å². The summed E-state index contributed by atoms with van der Waals surface area (Å²) >= 11 is 0. The molecule has 2 aromatic rings. The number of esters is 1. The first-order chi connectivity index (χ1) is 13.6. The van der Waals surface area contributed by atoms with Gasteiger partial charge in [-0.15, -0.1) is 0 Å². The normalized spacial score (nSPS) is 19.2. The number of nitrogens with one attached hydrogen (secondary N) is 1. The van der Waals surface area contributed by atoms with Gasteiger partial charge in [-0.25, -0.2) is 4.79 Å². The van der Waals surface area contributed by atoms with E-state index in [1.54, 1.807) is 6.20 Å². The first-order valence-electron chi connectivity index (χ1n) is 9.51. The molecule has 0 spiro atoms. The van der Waals surface area contributed by atoms with Crippen molar-refractivity contribution in [3.8, 4) is 0 Å². The number of carbonyl (C=O) groups excluding carboxylic acids is 2. The second-order valence-electron chi connectivity index (χ2n) is 7.07. The second kappa shape index (κ2) is 7.80. The van der Waals surface area contributed by atoms with Gasteiger partial charge in [0, 0.05) is 35.5 Å². The fraction of sp³-hybridized carbons (Fsp3) is 0.261. The lowest BCUT2D eigenvalue weighted by Crippen LogP contribution is -2.34. The van der Waals surface area contributed by atoms with Gasteiger partial charge in [0.15, 0.2) is 5.78 Å². The van der Waals surface area contributed by atoms with E-state index in [1.807, 2.05) is 55.5 Å². The van der Waals surface area contributed by atoms with Crippen molar-refractivity contribution in [2.75, 3.05) is 0 Å². The standard InChI is InChI=1S/C23H22N2O3/c1-15-20(23(27)28-14-17-10-5-6-13-24-17)21(16-8-3-2-4-9-16)22-18(25-15)11-7-12-19(22)26/h2-6,8-10,13,21,25H,7,11-12,14H2,1H3. The van der Waals surface area contributed by atoms with Gasteiger partial charge in [0.1, 0.15) is 6.61 Å². The Morgan fingerprint density at radius 3 is 2.68 bits per heavy atom. The van der Waals surface area contributed by atoms with E-state index < -0.39 is 11.9 Å². The Kier molecular flexibility index (Phi) is 5.06. The van der Waals surface area contributed by atoms with E-state index in [0.29, 0.717) is 23.3 Å². The van der Waals surface area contributed by atoms with Crippen LogP contribution in [0.5, 0.6) is 0 Å². The van der Waals surface area contributed by atoms with Crippen LogP contribution in [0.25, 0.3) is 0 Å². The number of Topliss-reactive ketones (excluding diaryl/α,β-unsaturated/α-hetero) is 1.